The van der Waals surface area contributed by atoms with Gasteiger partial charge >= 0.3 is 0 Å². The molecule has 0 radical (unpaired) electrons. The van der Waals surface area contributed by atoms with Gasteiger partial charge in [0.05, 0.1) is 13.2 Å². The van der Waals surface area contributed by atoms with Gasteiger partial charge in [-0.15, -0.1) is 0 Å². The summed E-state index contributed by atoms with van der Waals surface area (Å²) in [5, 5.41) is 2.72. The summed E-state index contributed by atoms with van der Waals surface area (Å²) < 4.78 is 5.59. The van der Waals surface area contributed by atoms with Gasteiger partial charge in [-0.05, 0) is 24.6 Å². The first-order valence-electron chi connectivity index (χ1n) is 8.30. The van der Waals surface area contributed by atoms with Gasteiger partial charge in [-0.1, -0.05) is 48.5 Å². The number of likely N-dealkylation sites (N-methyl/N-ethyl adjacent to an activating group) is 1. The Kier molecular flexibility index (Phi) is 7.16. The second-order valence-electron chi connectivity index (χ2n) is 5.86. The molecule has 0 bridgehead atoms. The van der Waals surface area contributed by atoms with Crippen LogP contribution in [0.1, 0.15) is 22.8 Å². The smallest absolute Gasteiger partial charge is 0.251 e. The van der Waals surface area contributed by atoms with Gasteiger partial charge < -0.3 is 15.0 Å². The molecule has 1 unspecified atom stereocenters. The lowest BCUT2D eigenvalue weighted by atomic mass is 10.2. The quantitative estimate of drug-likeness (QED) is 0.751. The number of nitrogens with zero attached hydrogens (tertiary/aromatic N) is 1. The maximum Gasteiger partial charge on any atom is 0.251 e. The van der Waals surface area contributed by atoms with Crippen LogP contribution in [-0.4, -0.2) is 43.0 Å². The van der Waals surface area contributed by atoms with E-state index < -0.39 is 6.04 Å². The minimum Gasteiger partial charge on any atom is -0.375 e. The lowest BCUT2D eigenvalue weighted by molar-refractivity contribution is -0.132. The zero-order valence-corrected chi connectivity index (χ0v) is 14.6. The summed E-state index contributed by atoms with van der Waals surface area (Å²) >= 11 is 0. The van der Waals surface area contributed by atoms with Crippen LogP contribution in [0.25, 0.3) is 0 Å². The van der Waals surface area contributed by atoms with E-state index in [2.05, 4.69) is 5.32 Å². The molecule has 2 amide bonds. The van der Waals surface area contributed by atoms with Crippen molar-refractivity contribution in [3.8, 4) is 0 Å². The number of nitrogens with one attached hydrogen (secondary N) is 1. The molecular weight excluding hydrogens is 316 g/mol. The first kappa shape index (κ1) is 18.7. The number of benzene rings is 2. The number of rotatable bonds is 8. The highest BCUT2D eigenvalue weighted by Gasteiger charge is 2.19. The Morgan fingerprint density at radius 1 is 1.04 bits per heavy atom. The van der Waals surface area contributed by atoms with Gasteiger partial charge in [-0.2, -0.15) is 0 Å². The number of amides is 2. The first-order valence-corrected chi connectivity index (χ1v) is 8.30. The Balaban J connectivity index is 1.72. The van der Waals surface area contributed by atoms with Gasteiger partial charge in [0.15, 0.2) is 0 Å². The van der Waals surface area contributed by atoms with Crippen molar-refractivity contribution in [2.24, 2.45) is 0 Å². The van der Waals surface area contributed by atoms with Crippen LogP contribution in [0.4, 0.5) is 0 Å². The molecule has 0 aliphatic heterocycles. The second-order valence-corrected chi connectivity index (χ2v) is 5.86. The number of ether oxygens (including phenoxy) is 1. The van der Waals surface area contributed by atoms with E-state index in [0.29, 0.717) is 25.3 Å². The highest BCUT2D eigenvalue weighted by molar-refractivity contribution is 5.97. The fourth-order valence-electron chi connectivity index (χ4n) is 2.34. The molecule has 1 N–H and O–H groups in total. The molecule has 1 atom stereocenters. The molecule has 2 aromatic carbocycles. The van der Waals surface area contributed by atoms with Crippen molar-refractivity contribution in [3.63, 3.8) is 0 Å². The molecule has 0 aliphatic carbocycles. The van der Waals surface area contributed by atoms with Gasteiger partial charge in [0.25, 0.3) is 5.91 Å². The van der Waals surface area contributed by atoms with Crippen LogP contribution in [0.5, 0.6) is 0 Å². The molecule has 0 saturated heterocycles. The molecule has 2 rings (SSSR count). The third kappa shape index (κ3) is 6.04. The van der Waals surface area contributed by atoms with Crippen molar-refractivity contribution < 1.29 is 14.3 Å². The molecule has 132 valence electrons. The topological polar surface area (TPSA) is 58.6 Å². The molecule has 2 aromatic rings. The SMILES string of the molecule is CC(NC(=O)c1ccccc1)C(=O)N(C)CCOCc1ccccc1. The monoisotopic (exact) mass is 340 g/mol. The fourth-order valence-corrected chi connectivity index (χ4v) is 2.34. The zero-order valence-electron chi connectivity index (χ0n) is 14.6. The summed E-state index contributed by atoms with van der Waals surface area (Å²) in [6, 6.07) is 18.1. The Morgan fingerprint density at radius 2 is 1.64 bits per heavy atom. The average molecular weight is 340 g/mol. The summed E-state index contributed by atoms with van der Waals surface area (Å²) in [6.07, 6.45) is 0. The summed E-state index contributed by atoms with van der Waals surface area (Å²) in [5.74, 6) is -0.400. The van der Waals surface area contributed by atoms with Crippen LogP contribution in [0.2, 0.25) is 0 Å². The van der Waals surface area contributed by atoms with Crippen LogP contribution >= 0.6 is 0 Å². The maximum absolute atomic E-state index is 12.3. The van der Waals surface area contributed by atoms with Crippen molar-refractivity contribution in [3.05, 3.63) is 71.8 Å². The molecule has 5 nitrogen and oxygen atoms in total. The van der Waals surface area contributed by atoms with Gasteiger partial charge in [0.1, 0.15) is 6.04 Å². The Labute approximate surface area is 148 Å². The Bertz CT molecular complexity index is 674. The largest absolute Gasteiger partial charge is 0.375 e. The molecule has 5 heteroatoms. The van der Waals surface area contributed by atoms with E-state index in [1.165, 1.54) is 0 Å². The number of hydrogen-bond donors (Lipinski definition) is 1. The van der Waals surface area contributed by atoms with E-state index in [4.69, 9.17) is 4.74 Å². The summed E-state index contributed by atoms with van der Waals surface area (Å²) in [4.78, 5) is 26.0. The fraction of sp³-hybridized carbons (Fsp3) is 0.300. The van der Waals surface area contributed by atoms with E-state index in [9.17, 15) is 9.59 Å². The lowest BCUT2D eigenvalue weighted by Gasteiger charge is -2.22. The van der Waals surface area contributed by atoms with Crippen molar-refractivity contribution in [1.29, 1.82) is 0 Å². The maximum atomic E-state index is 12.3. The minimum atomic E-state index is -0.591. The molecule has 25 heavy (non-hydrogen) atoms. The van der Waals surface area contributed by atoms with Crippen LogP contribution < -0.4 is 5.32 Å². The Morgan fingerprint density at radius 3 is 2.28 bits per heavy atom. The zero-order chi connectivity index (χ0) is 18.1. The average Bonchev–Trinajstić information content (AvgIpc) is 2.65. The van der Waals surface area contributed by atoms with E-state index in [1.54, 1.807) is 43.1 Å². The molecule has 0 saturated carbocycles. The molecule has 0 heterocycles. The summed E-state index contributed by atoms with van der Waals surface area (Å²) in [5.41, 5.74) is 1.64. The van der Waals surface area contributed by atoms with Gasteiger partial charge in [-0.25, -0.2) is 0 Å². The Hall–Kier alpha value is -2.66. The molecular formula is C20H24N2O3. The lowest BCUT2D eigenvalue weighted by Crippen LogP contribution is -2.46. The van der Waals surface area contributed by atoms with Crippen LogP contribution in [0.15, 0.2) is 60.7 Å². The van der Waals surface area contributed by atoms with Crippen LogP contribution in [0, 0.1) is 0 Å². The minimum absolute atomic E-state index is 0.146. The van der Waals surface area contributed by atoms with Crippen LogP contribution in [0.3, 0.4) is 0 Å². The molecule has 0 aliphatic rings. The van der Waals surface area contributed by atoms with Crippen molar-refractivity contribution >= 4 is 11.8 Å². The number of hydrogen-bond acceptors (Lipinski definition) is 3. The second kappa shape index (κ2) is 9.59. The number of carbonyl (C=O) groups is 2. The molecule has 0 aromatic heterocycles. The van der Waals surface area contributed by atoms with Gasteiger partial charge in [-0.3, -0.25) is 9.59 Å². The standard InChI is InChI=1S/C20H24N2O3/c1-16(21-19(23)18-11-7-4-8-12-18)20(24)22(2)13-14-25-15-17-9-5-3-6-10-17/h3-12,16H,13-15H2,1-2H3,(H,21,23). The van der Waals surface area contributed by atoms with Crippen LogP contribution in [-0.2, 0) is 16.1 Å². The van der Waals surface area contributed by atoms with E-state index in [-0.39, 0.29) is 11.8 Å². The third-order valence-electron chi connectivity index (χ3n) is 3.81. The van der Waals surface area contributed by atoms with E-state index in [1.807, 2.05) is 36.4 Å². The normalized spacial score (nSPS) is 11.6. The van der Waals surface area contributed by atoms with E-state index >= 15 is 0 Å². The predicted octanol–water partition coefficient (Wildman–Crippen LogP) is 2.48. The van der Waals surface area contributed by atoms with Gasteiger partial charge in [0.2, 0.25) is 5.91 Å². The van der Waals surface area contributed by atoms with E-state index in [0.717, 1.165) is 5.56 Å². The third-order valence-corrected chi connectivity index (χ3v) is 3.81. The first-order chi connectivity index (χ1) is 12.1. The van der Waals surface area contributed by atoms with Gasteiger partial charge in [0, 0.05) is 19.2 Å². The predicted molar refractivity (Wildman–Crippen MR) is 97.1 cm³/mol. The summed E-state index contributed by atoms with van der Waals surface area (Å²) in [7, 11) is 1.71. The summed E-state index contributed by atoms with van der Waals surface area (Å²) in [6.45, 7) is 3.11. The highest BCUT2D eigenvalue weighted by Crippen LogP contribution is 2.02. The van der Waals surface area contributed by atoms with Crippen molar-refractivity contribution in [1.82, 2.24) is 10.2 Å². The number of carbonyl (C=O) groups excluding carboxylic acids is 2. The molecule has 0 fully saturated rings. The molecule has 0 spiro atoms. The van der Waals surface area contributed by atoms with Crippen molar-refractivity contribution in [2.75, 3.05) is 20.2 Å². The van der Waals surface area contributed by atoms with Crippen molar-refractivity contribution in [2.45, 2.75) is 19.6 Å². The highest BCUT2D eigenvalue weighted by atomic mass is 16.5.